The van der Waals surface area contributed by atoms with Crippen molar-refractivity contribution in [2.45, 2.75) is 63.7 Å². The van der Waals surface area contributed by atoms with Gasteiger partial charge in [-0.25, -0.2) is 0 Å². The highest BCUT2D eigenvalue weighted by molar-refractivity contribution is 5.84. The molecule has 0 saturated carbocycles. The van der Waals surface area contributed by atoms with Gasteiger partial charge < -0.3 is 24.4 Å². The van der Waals surface area contributed by atoms with Crippen molar-refractivity contribution in [1.29, 1.82) is 0 Å². The second kappa shape index (κ2) is 14.9. The SMILES string of the molecule is CCCN1C(=O)[C@H](OCc2ccccc2)[C@H](OCc2ccccc2)[C@H](OCc2ccccc2)[C@H]1CNC(=O)C(F)(F)F. The van der Waals surface area contributed by atoms with E-state index in [0.29, 0.717) is 6.42 Å². The first kappa shape index (κ1) is 31.2. The normalized spacial score (nSPS) is 20.9. The molecule has 0 spiro atoms. The summed E-state index contributed by atoms with van der Waals surface area (Å²) in [6, 6.07) is 27.0. The van der Waals surface area contributed by atoms with Gasteiger partial charge in [-0.1, -0.05) is 97.9 Å². The molecule has 4 atom stereocenters. The molecule has 42 heavy (non-hydrogen) atoms. The molecule has 0 radical (unpaired) electrons. The van der Waals surface area contributed by atoms with Gasteiger partial charge in [-0.3, -0.25) is 9.59 Å². The van der Waals surface area contributed by atoms with Crippen LogP contribution in [0.1, 0.15) is 30.0 Å². The molecule has 1 aliphatic heterocycles. The maximum Gasteiger partial charge on any atom is 0.471 e. The summed E-state index contributed by atoms with van der Waals surface area (Å²) in [5, 5.41) is 1.96. The molecule has 1 heterocycles. The van der Waals surface area contributed by atoms with Crippen LogP contribution in [0.25, 0.3) is 0 Å². The number of hydrogen-bond donors (Lipinski definition) is 1. The number of alkyl halides is 3. The van der Waals surface area contributed by atoms with Gasteiger partial charge >= 0.3 is 12.1 Å². The van der Waals surface area contributed by atoms with E-state index in [2.05, 4.69) is 0 Å². The third-order valence-corrected chi connectivity index (χ3v) is 6.96. The first-order chi connectivity index (χ1) is 20.3. The van der Waals surface area contributed by atoms with Gasteiger partial charge in [0.1, 0.15) is 12.2 Å². The second-order valence-corrected chi connectivity index (χ2v) is 10.0. The summed E-state index contributed by atoms with van der Waals surface area (Å²) < 4.78 is 58.3. The number of likely N-dealkylation sites (tertiary alicyclic amines) is 1. The van der Waals surface area contributed by atoms with Crippen LogP contribution < -0.4 is 5.32 Å². The number of rotatable bonds is 13. The minimum absolute atomic E-state index is 0.111. The number of amides is 2. The van der Waals surface area contributed by atoms with Gasteiger partial charge in [0.2, 0.25) is 0 Å². The molecule has 1 saturated heterocycles. The maximum absolute atomic E-state index is 14.0. The van der Waals surface area contributed by atoms with E-state index in [1.807, 2.05) is 103 Å². The summed E-state index contributed by atoms with van der Waals surface area (Å²) in [7, 11) is 0. The predicted octanol–water partition coefficient (Wildman–Crippen LogP) is 5.04. The molecule has 1 N–H and O–H groups in total. The number of hydrogen-bond acceptors (Lipinski definition) is 5. The predicted molar refractivity (Wildman–Crippen MR) is 150 cm³/mol. The van der Waals surface area contributed by atoms with E-state index < -0.39 is 48.9 Å². The molecule has 4 rings (SSSR count). The van der Waals surface area contributed by atoms with Crippen molar-refractivity contribution in [3.8, 4) is 0 Å². The zero-order valence-electron chi connectivity index (χ0n) is 23.3. The Balaban J connectivity index is 1.68. The first-order valence-corrected chi connectivity index (χ1v) is 13.9. The number of ether oxygens (including phenoxy) is 3. The first-order valence-electron chi connectivity index (χ1n) is 13.9. The lowest BCUT2D eigenvalue weighted by atomic mass is 9.91. The molecule has 2 amide bonds. The molecule has 1 fully saturated rings. The summed E-state index contributed by atoms with van der Waals surface area (Å²) in [6.07, 6.45) is -7.55. The average Bonchev–Trinajstić information content (AvgIpc) is 3.00. The van der Waals surface area contributed by atoms with Gasteiger partial charge in [0.05, 0.1) is 25.9 Å². The third kappa shape index (κ3) is 8.40. The lowest BCUT2D eigenvalue weighted by Crippen LogP contribution is -2.68. The van der Waals surface area contributed by atoms with Gasteiger partial charge in [0.25, 0.3) is 5.91 Å². The lowest BCUT2D eigenvalue weighted by molar-refractivity contribution is -0.209. The Morgan fingerprint density at radius 3 is 1.67 bits per heavy atom. The molecule has 1 aliphatic rings. The van der Waals surface area contributed by atoms with E-state index in [1.54, 1.807) is 0 Å². The topological polar surface area (TPSA) is 77.1 Å². The van der Waals surface area contributed by atoms with Crippen LogP contribution in [0.2, 0.25) is 0 Å². The van der Waals surface area contributed by atoms with Crippen LogP contribution in [0, 0.1) is 0 Å². The number of nitrogens with one attached hydrogen (secondary N) is 1. The fourth-order valence-electron chi connectivity index (χ4n) is 4.92. The van der Waals surface area contributed by atoms with Crippen molar-refractivity contribution in [2.24, 2.45) is 0 Å². The van der Waals surface area contributed by atoms with Crippen LogP contribution >= 0.6 is 0 Å². The molecule has 7 nitrogen and oxygen atoms in total. The van der Waals surface area contributed by atoms with E-state index in [1.165, 1.54) is 4.90 Å². The number of nitrogens with zero attached hydrogens (tertiary/aromatic N) is 1. The maximum atomic E-state index is 14.0. The Morgan fingerprint density at radius 2 is 1.21 bits per heavy atom. The summed E-state index contributed by atoms with van der Waals surface area (Å²) >= 11 is 0. The van der Waals surface area contributed by atoms with Crippen LogP contribution in [0.3, 0.4) is 0 Å². The van der Waals surface area contributed by atoms with E-state index in [-0.39, 0.29) is 26.4 Å². The van der Waals surface area contributed by atoms with Crippen molar-refractivity contribution in [2.75, 3.05) is 13.1 Å². The van der Waals surface area contributed by atoms with Crippen molar-refractivity contribution in [3.05, 3.63) is 108 Å². The van der Waals surface area contributed by atoms with E-state index in [9.17, 15) is 22.8 Å². The van der Waals surface area contributed by atoms with Crippen LogP contribution in [0.5, 0.6) is 0 Å². The van der Waals surface area contributed by atoms with Crippen molar-refractivity contribution >= 4 is 11.8 Å². The Hall–Kier alpha value is -3.73. The third-order valence-electron chi connectivity index (χ3n) is 6.96. The molecule has 224 valence electrons. The fraction of sp³-hybridized carbons (Fsp3) is 0.375. The Kier molecular flexibility index (Phi) is 11.1. The van der Waals surface area contributed by atoms with Gasteiger partial charge in [0, 0.05) is 13.1 Å². The Bertz CT molecular complexity index is 1260. The number of benzene rings is 3. The van der Waals surface area contributed by atoms with Gasteiger partial charge in [-0.05, 0) is 23.1 Å². The molecular weight excluding hydrogens is 549 g/mol. The van der Waals surface area contributed by atoms with Gasteiger partial charge in [0.15, 0.2) is 6.10 Å². The molecule has 0 bridgehead atoms. The minimum atomic E-state index is -5.07. The molecule has 3 aromatic rings. The number of carbonyl (C=O) groups is 2. The molecule has 3 aromatic carbocycles. The van der Waals surface area contributed by atoms with Gasteiger partial charge in [-0.15, -0.1) is 0 Å². The standard InChI is InChI=1S/C32H35F3N2O5/c1-2-18-37-26(19-36-31(39)32(33,34)35)27(40-20-23-12-6-3-7-13-23)28(41-21-24-14-8-4-9-15-24)29(30(37)38)42-22-25-16-10-5-11-17-25/h3-17,26-29H,2,18-22H2,1H3,(H,36,39)/t26-,27-,28-,29-/m1/s1. The van der Waals surface area contributed by atoms with Gasteiger partial charge in [-0.2, -0.15) is 13.2 Å². The van der Waals surface area contributed by atoms with E-state index >= 15 is 0 Å². The summed E-state index contributed by atoms with van der Waals surface area (Å²) in [6.45, 7) is 1.96. The summed E-state index contributed by atoms with van der Waals surface area (Å²) in [5.41, 5.74) is 2.51. The van der Waals surface area contributed by atoms with Crippen molar-refractivity contribution in [1.82, 2.24) is 10.2 Å². The summed E-state index contributed by atoms with van der Waals surface area (Å²) in [4.78, 5) is 27.2. The molecule has 0 aliphatic carbocycles. The zero-order chi connectivity index (χ0) is 30.0. The minimum Gasteiger partial charge on any atom is -0.368 e. The molecule has 10 heteroatoms. The average molecular weight is 585 g/mol. The van der Waals surface area contributed by atoms with Crippen LogP contribution in [0.4, 0.5) is 13.2 Å². The van der Waals surface area contributed by atoms with Crippen molar-refractivity contribution < 1.29 is 37.0 Å². The largest absolute Gasteiger partial charge is 0.471 e. The number of halogens is 3. The van der Waals surface area contributed by atoms with Crippen LogP contribution in [0.15, 0.2) is 91.0 Å². The monoisotopic (exact) mass is 584 g/mol. The van der Waals surface area contributed by atoms with Crippen LogP contribution in [-0.2, 0) is 43.6 Å². The van der Waals surface area contributed by atoms with E-state index in [4.69, 9.17) is 14.2 Å². The molecule has 0 unspecified atom stereocenters. The van der Waals surface area contributed by atoms with E-state index in [0.717, 1.165) is 16.7 Å². The number of piperidine rings is 1. The smallest absolute Gasteiger partial charge is 0.368 e. The highest BCUT2D eigenvalue weighted by Crippen LogP contribution is 2.30. The molecule has 0 aromatic heterocycles. The Morgan fingerprint density at radius 1 is 0.762 bits per heavy atom. The highest BCUT2D eigenvalue weighted by Gasteiger charge is 2.51. The van der Waals surface area contributed by atoms with Crippen molar-refractivity contribution in [3.63, 3.8) is 0 Å². The molecular formula is C32H35F3N2O5. The summed E-state index contributed by atoms with van der Waals surface area (Å²) in [5.74, 6) is -2.52. The highest BCUT2D eigenvalue weighted by atomic mass is 19.4. The second-order valence-electron chi connectivity index (χ2n) is 10.0. The quantitative estimate of drug-likeness (QED) is 0.305. The zero-order valence-corrected chi connectivity index (χ0v) is 23.3. The van der Waals surface area contributed by atoms with Crippen LogP contribution in [-0.4, -0.2) is 60.3 Å². The fourth-order valence-corrected chi connectivity index (χ4v) is 4.92. The number of carbonyl (C=O) groups excluding carboxylic acids is 2. The lowest BCUT2D eigenvalue weighted by Gasteiger charge is -2.48. The Labute approximate surface area is 243 Å².